The van der Waals surface area contributed by atoms with E-state index in [1.54, 1.807) is 12.1 Å². The molecular formula is C31H45NO8. The first-order chi connectivity index (χ1) is 19.1. The number of hydrogen-bond acceptors (Lipinski definition) is 9. The lowest BCUT2D eigenvalue weighted by molar-refractivity contribution is -0.277. The summed E-state index contributed by atoms with van der Waals surface area (Å²) in [6.07, 6.45) is 1.34. The van der Waals surface area contributed by atoms with Gasteiger partial charge in [-0.3, -0.25) is 4.90 Å². The van der Waals surface area contributed by atoms with Crippen molar-refractivity contribution in [2.45, 2.75) is 96.5 Å². The van der Waals surface area contributed by atoms with Crippen LogP contribution in [-0.2, 0) is 22.3 Å². The third-order valence-corrected chi connectivity index (χ3v) is 8.20. The van der Waals surface area contributed by atoms with Gasteiger partial charge in [-0.25, -0.2) is 4.79 Å². The van der Waals surface area contributed by atoms with Gasteiger partial charge >= 0.3 is 5.97 Å². The van der Waals surface area contributed by atoms with Crippen molar-refractivity contribution in [2.75, 3.05) is 26.3 Å². The first-order valence-corrected chi connectivity index (χ1v) is 14.4. The van der Waals surface area contributed by atoms with Crippen molar-refractivity contribution in [2.24, 2.45) is 5.92 Å². The Morgan fingerprint density at radius 2 is 1.62 bits per heavy atom. The maximum atomic E-state index is 13.3. The number of carbonyl (C=O) groups is 1. The molecule has 0 spiro atoms. The molecule has 9 heteroatoms. The number of carbonyl (C=O) groups excluding carboxylic acids is 1. The molecule has 0 aliphatic carbocycles. The van der Waals surface area contributed by atoms with Crippen molar-refractivity contribution in [1.29, 1.82) is 0 Å². The number of fused-ring (bicyclic) bond motifs is 1. The van der Waals surface area contributed by atoms with E-state index in [0.717, 1.165) is 37.1 Å². The molecule has 3 aliphatic rings. The second kappa shape index (κ2) is 13.6. The molecule has 4 N–H and O–H groups in total. The summed E-state index contributed by atoms with van der Waals surface area (Å²) in [5.41, 5.74) is 4.00. The van der Waals surface area contributed by atoms with E-state index in [-0.39, 0.29) is 5.97 Å². The van der Waals surface area contributed by atoms with Gasteiger partial charge in [-0.2, -0.15) is 0 Å². The van der Waals surface area contributed by atoms with Crippen molar-refractivity contribution < 1.29 is 39.4 Å². The second-order valence-electron chi connectivity index (χ2n) is 11.8. The Balaban J connectivity index is 1.63. The lowest BCUT2D eigenvalue weighted by Gasteiger charge is -2.40. The van der Waals surface area contributed by atoms with E-state index in [9.17, 15) is 25.2 Å². The zero-order valence-corrected chi connectivity index (χ0v) is 24.1. The fourth-order valence-electron chi connectivity index (χ4n) is 5.88. The van der Waals surface area contributed by atoms with Crippen LogP contribution in [0, 0.1) is 5.92 Å². The van der Waals surface area contributed by atoms with E-state index >= 15 is 0 Å². The summed E-state index contributed by atoms with van der Waals surface area (Å²) in [5, 5.41) is 40.8. The highest BCUT2D eigenvalue weighted by atomic mass is 16.7. The summed E-state index contributed by atoms with van der Waals surface area (Å²) < 4.78 is 17.7. The Kier molecular flexibility index (Phi) is 10.4. The minimum absolute atomic E-state index is 0.357. The van der Waals surface area contributed by atoms with Gasteiger partial charge in [0.1, 0.15) is 30.2 Å². The molecule has 3 saturated heterocycles. The van der Waals surface area contributed by atoms with Gasteiger partial charge in [0.2, 0.25) is 6.29 Å². The van der Waals surface area contributed by atoms with Crippen molar-refractivity contribution in [3.8, 4) is 5.75 Å². The molecule has 9 nitrogen and oxygen atoms in total. The van der Waals surface area contributed by atoms with Crippen LogP contribution in [0.15, 0.2) is 35.4 Å². The summed E-state index contributed by atoms with van der Waals surface area (Å²) in [4.78, 5) is 15.8. The number of aliphatic hydroxyl groups excluding tert-OH is 4. The number of nitrogens with zero attached hydrogens (tertiary/aromatic N) is 1. The number of hydrogen-bond donors (Lipinski definition) is 4. The minimum atomic E-state index is -1.56. The molecule has 4 rings (SSSR count). The lowest BCUT2D eigenvalue weighted by atomic mass is 9.97. The van der Waals surface area contributed by atoms with Gasteiger partial charge in [0.15, 0.2) is 0 Å². The highest BCUT2D eigenvalue weighted by Crippen LogP contribution is 2.35. The maximum Gasteiger partial charge on any atom is 0.338 e. The number of rotatable bonds is 10. The van der Waals surface area contributed by atoms with Crippen molar-refractivity contribution in [3.05, 3.63) is 52.1 Å². The molecule has 1 aromatic rings. The molecule has 0 bridgehead atoms. The van der Waals surface area contributed by atoms with Crippen LogP contribution in [-0.4, -0.2) is 94.3 Å². The Labute approximate surface area is 237 Å². The third kappa shape index (κ3) is 7.13. The van der Waals surface area contributed by atoms with Crippen LogP contribution in [0.1, 0.15) is 68.4 Å². The summed E-state index contributed by atoms with van der Waals surface area (Å²) in [7, 11) is 0. The Bertz CT molecular complexity index is 1050. The predicted molar refractivity (Wildman–Crippen MR) is 150 cm³/mol. The molecule has 3 heterocycles. The number of benzene rings is 1. The Morgan fingerprint density at radius 1 is 0.975 bits per heavy atom. The monoisotopic (exact) mass is 559 g/mol. The van der Waals surface area contributed by atoms with E-state index in [4.69, 9.17) is 14.2 Å². The lowest BCUT2D eigenvalue weighted by Crippen LogP contribution is -2.60. The first kappa shape index (κ1) is 30.7. The van der Waals surface area contributed by atoms with Crippen LogP contribution < -0.4 is 4.74 Å². The van der Waals surface area contributed by atoms with Gasteiger partial charge < -0.3 is 34.6 Å². The molecular weight excluding hydrogens is 514 g/mol. The van der Waals surface area contributed by atoms with Crippen molar-refractivity contribution in [1.82, 2.24) is 4.90 Å². The molecule has 3 aliphatic heterocycles. The number of aliphatic hydroxyl groups is 4. The molecule has 222 valence electrons. The average Bonchev–Trinajstić information content (AvgIpc) is 3.54. The van der Waals surface area contributed by atoms with Crippen LogP contribution >= 0.6 is 0 Å². The van der Waals surface area contributed by atoms with Crippen LogP contribution in [0.2, 0.25) is 0 Å². The van der Waals surface area contributed by atoms with Crippen LogP contribution in [0.4, 0.5) is 0 Å². The molecule has 0 unspecified atom stereocenters. The maximum absolute atomic E-state index is 13.3. The highest BCUT2D eigenvalue weighted by molar-refractivity contribution is 5.90. The first-order valence-electron chi connectivity index (χ1n) is 14.4. The topological polar surface area (TPSA) is 129 Å². The molecule has 0 aromatic heterocycles. The molecule has 0 radical (unpaired) electrons. The van der Waals surface area contributed by atoms with Gasteiger partial charge in [-0.15, -0.1) is 0 Å². The number of allylic oxidation sites excluding steroid dienone is 4. The zero-order valence-electron chi connectivity index (χ0n) is 24.1. The van der Waals surface area contributed by atoms with Crippen LogP contribution in [0.25, 0.3) is 0 Å². The second-order valence-corrected chi connectivity index (χ2v) is 11.8. The predicted octanol–water partition coefficient (Wildman–Crippen LogP) is 2.52. The number of esters is 1. The highest BCUT2D eigenvalue weighted by Gasteiger charge is 2.45. The Hall–Kier alpha value is -2.27. The fourth-order valence-corrected chi connectivity index (χ4v) is 5.88. The smallest absolute Gasteiger partial charge is 0.338 e. The van der Waals surface area contributed by atoms with Crippen molar-refractivity contribution in [3.63, 3.8) is 0 Å². The van der Waals surface area contributed by atoms with E-state index in [1.807, 2.05) is 39.8 Å². The van der Waals surface area contributed by atoms with Crippen LogP contribution in [0.3, 0.4) is 0 Å². The molecule has 0 saturated carbocycles. The third-order valence-electron chi connectivity index (χ3n) is 8.20. The van der Waals surface area contributed by atoms with Gasteiger partial charge in [-0.1, -0.05) is 23.3 Å². The van der Waals surface area contributed by atoms with Gasteiger partial charge in [0.25, 0.3) is 0 Å². The molecule has 7 atom stereocenters. The van der Waals surface area contributed by atoms with Gasteiger partial charge in [-0.05, 0) is 96.1 Å². The summed E-state index contributed by atoms with van der Waals surface area (Å²) in [5.74, 6) is 0.400. The molecule has 0 amide bonds. The fraction of sp³-hybridized carbons (Fsp3) is 0.645. The Morgan fingerprint density at radius 3 is 2.23 bits per heavy atom. The minimum Gasteiger partial charge on any atom is -0.462 e. The number of ether oxygens (including phenoxy) is 3. The largest absolute Gasteiger partial charge is 0.462 e. The van der Waals surface area contributed by atoms with E-state index < -0.39 is 37.3 Å². The van der Waals surface area contributed by atoms with E-state index in [1.165, 1.54) is 6.42 Å². The molecule has 40 heavy (non-hydrogen) atoms. The standard InChI is InChI=1S/C31H45NO8/c1-18(2)7-9-20-14-23(30(37)38-17-22-11-13-32-12-5-6-24(22)32)15-21(10-8-19(3)4)29(20)40-31-28(36)27(35)26(34)25(16-33)39-31/h7-8,14-15,22,24-28,31,33-36H,5-6,9-13,16-17H2,1-4H3/t22-,24-,25+,26+,27-,28+,31-/m1/s1. The van der Waals surface area contributed by atoms with Crippen molar-refractivity contribution >= 4 is 5.97 Å². The quantitative estimate of drug-likeness (QED) is 0.252. The van der Waals surface area contributed by atoms with E-state index in [2.05, 4.69) is 4.90 Å². The zero-order chi connectivity index (χ0) is 29.0. The SMILES string of the molecule is CC(C)=CCc1cc(C(=O)OC[C@H]2CCN3CCC[C@H]23)cc(CC=C(C)C)c1O[C@H]1O[C@@H](CO)[C@H](O)[C@@H](O)[C@@H]1O. The summed E-state index contributed by atoms with van der Waals surface area (Å²) >= 11 is 0. The van der Waals surface area contributed by atoms with Crippen LogP contribution in [0.5, 0.6) is 5.75 Å². The molecule has 3 fully saturated rings. The average molecular weight is 560 g/mol. The summed E-state index contributed by atoms with van der Waals surface area (Å²) in [6.45, 7) is 9.97. The summed E-state index contributed by atoms with van der Waals surface area (Å²) in [6, 6.07) is 4.01. The molecule has 1 aromatic carbocycles. The van der Waals surface area contributed by atoms with Gasteiger partial charge in [0, 0.05) is 12.0 Å². The normalized spacial score (nSPS) is 30.1. The van der Waals surface area contributed by atoms with Gasteiger partial charge in [0.05, 0.1) is 18.8 Å². The van der Waals surface area contributed by atoms with E-state index in [0.29, 0.717) is 53.8 Å².